The topological polar surface area (TPSA) is 76.1 Å². The van der Waals surface area contributed by atoms with Crippen molar-refractivity contribution in [2.24, 2.45) is 0 Å². The Balaban J connectivity index is 1.61. The molecular formula is C22H24N4O2S. The number of hydrogen-bond acceptors (Lipinski definition) is 5. The summed E-state index contributed by atoms with van der Waals surface area (Å²) in [5.41, 5.74) is 4.62. The average molecular weight is 409 g/mol. The molecule has 0 spiro atoms. The number of sulfonamides is 1. The van der Waals surface area contributed by atoms with Gasteiger partial charge in [-0.2, -0.15) is 4.31 Å². The van der Waals surface area contributed by atoms with Gasteiger partial charge < -0.3 is 0 Å². The molecule has 1 aliphatic heterocycles. The second kappa shape index (κ2) is 8.00. The molecule has 0 atom stereocenters. The Labute approximate surface area is 171 Å². The van der Waals surface area contributed by atoms with E-state index in [1.807, 2.05) is 38.1 Å². The van der Waals surface area contributed by atoms with Crippen molar-refractivity contribution in [3.05, 3.63) is 72.1 Å². The molecule has 1 saturated heterocycles. The normalized spacial score (nSPS) is 16.1. The molecule has 3 heterocycles. The Morgan fingerprint density at radius 3 is 2.45 bits per heavy atom. The molecule has 0 bridgehead atoms. The Morgan fingerprint density at radius 2 is 1.79 bits per heavy atom. The molecule has 0 saturated carbocycles. The minimum atomic E-state index is -3.57. The highest BCUT2D eigenvalue weighted by molar-refractivity contribution is 7.89. The van der Waals surface area contributed by atoms with Crippen LogP contribution in [0.15, 0.2) is 60.1 Å². The van der Waals surface area contributed by atoms with Crippen LogP contribution in [0.5, 0.6) is 0 Å². The van der Waals surface area contributed by atoms with E-state index in [1.54, 1.807) is 35.3 Å². The highest BCUT2D eigenvalue weighted by Crippen LogP contribution is 2.33. The molecule has 0 N–H and O–H groups in total. The van der Waals surface area contributed by atoms with Crippen LogP contribution in [0.4, 0.5) is 0 Å². The van der Waals surface area contributed by atoms with Gasteiger partial charge in [-0.05, 0) is 61.6 Å². The van der Waals surface area contributed by atoms with Crippen LogP contribution >= 0.6 is 0 Å². The van der Waals surface area contributed by atoms with Crippen LogP contribution in [0.1, 0.15) is 35.6 Å². The summed E-state index contributed by atoms with van der Waals surface area (Å²) in [6, 6.07) is 9.48. The molecule has 0 aliphatic carbocycles. The molecule has 4 rings (SSSR count). The molecule has 6 nitrogen and oxygen atoms in total. The first kappa shape index (κ1) is 19.7. The van der Waals surface area contributed by atoms with Crippen LogP contribution in [0, 0.1) is 13.8 Å². The van der Waals surface area contributed by atoms with Gasteiger partial charge in [-0.25, -0.2) is 18.4 Å². The maximum Gasteiger partial charge on any atom is 0.243 e. The van der Waals surface area contributed by atoms with Crippen molar-refractivity contribution in [2.75, 3.05) is 13.1 Å². The van der Waals surface area contributed by atoms with Gasteiger partial charge in [-0.3, -0.25) is 4.98 Å². The second-order valence-electron chi connectivity index (χ2n) is 7.49. The SMILES string of the molecule is Cc1cc(C)c(S(=O)(=O)N2CCC(c3ccncn3)CC2)cc1-c1cccnc1. The minimum Gasteiger partial charge on any atom is -0.264 e. The lowest BCUT2D eigenvalue weighted by Crippen LogP contribution is -2.38. The second-order valence-corrected chi connectivity index (χ2v) is 9.39. The zero-order valence-electron chi connectivity index (χ0n) is 16.6. The molecule has 1 aliphatic rings. The highest BCUT2D eigenvalue weighted by atomic mass is 32.2. The summed E-state index contributed by atoms with van der Waals surface area (Å²) < 4.78 is 28.5. The maximum atomic E-state index is 13.4. The Bertz CT molecular complexity index is 1090. The minimum absolute atomic E-state index is 0.273. The fraction of sp³-hybridized carbons (Fsp3) is 0.318. The van der Waals surface area contributed by atoms with Gasteiger partial charge in [-0.1, -0.05) is 12.1 Å². The van der Waals surface area contributed by atoms with Crippen LogP contribution in [0.3, 0.4) is 0 Å². The smallest absolute Gasteiger partial charge is 0.243 e. The number of aromatic nitrogens is 3. The zero-order valence-corrected chi connectivity index (χ0v) is 17.4. The molecule has 7 heteroatoms. The van der Waals surface area contributed by atoms with Crippen molar-refractivity contribution in [1.82, 2.24) is 19.3 Å². The first-order valence-corrected chi connectivity index (χ1v) is 11.2. The standard InChI is InChI=1S/C22H24N4O2S/c1-16-12-17(2)22(13-20(16)19-4-3-8-23-14-19)29(27,28)26-10-6-18(7-11-26)21-5-9-24-15-25-21/h3-5,8-9,12-15,18H,6-7,10-11H2,1-2H3. The Kier molecular flexibility index (Phi) is 5.43. The lowest BCUT2D eigenvalue weighted by Gasteiger charge is -2.31. The van der Waals surface area contributed by atoms with Crippen molar-refractivity contribution in [3.63, 3.8) is 0 Å². The summed E-state index contributed by atoms with van der Waals surface area (Å²) in [5.74, 6) is 0.273. The highest BCUT2D eigenvalue weighted by Gasteiger charge is 2.31. The van der Waals surface area contributed by atoms with Crippen molar-refractivity contribution >= 4 is 10.0 Å². The number of benzene rings is 1. The molecule has 0 amide bonds. The van der Waals surface area contributed by atoms with Gasteiger partial charge in [-0.15, -0.1) is 0 Å². The molecule has 150 valence electrons. The van der Waals surface area contributed by atoms with Gasteiger partial charge >= 0.3 is 0 Å². The molecule has 1 aromatic carbocycles. The number of rotatable bonds is 4. The van der Waals surface area contributed by atoms with E-state index in [0.717, 1.165) is 40.8 Å². The molecule has 3 aromatic rings. The zero-order chi connectivity index (χ0) is 20.4. The summed E-state index contributed by atoms with van der Waals surface area (Å²) in [6.07, 6.45) is 8.29. The predicted molar refractivity (Wildman–Crippen MR) is 112 cm³/mol. The Hall–Kier alpha value is -2.64. The van der Waals surface area contributed by atoms with E-state index in [1.165, 1.54) is 0 Å². The van der Waals surface area contributed by atoms with E-state index < -0.39 is 10.0 Å². The van der Waals surface area contributed by atoms with E-state index in [-0.39, 0.29) is 5.92 Å². The summed E-state index contributed by atoms with van der Waals surface area (Å²) in [4.78, 5) is 12.8. The molecule has 0 radical (unpaired) electrons. The summed E-state index contributed by atoms with van der Waals surface area (Å²) in [7, 11) is -3.57. The van der Waals surface area contributed by atoms with E-state index in [9.17, 15) is 8.42 Å². The third-order valence-corrected chi connectivity index (χ3v) is 7.63. The number of piperidine rings is 1. The number of aryl methyl sites for hydroxylation is 2. The fourth-order valence-electron chi connectivity index (χ4n) is 4.02. The van der Waals surface area contributed by atoms with E-state index in [4.69, 9.17) is 0 Å². The quantitative estimate of drug-likeness (QED) is 0.658. The average Bonchev–Trinajstić information content (AvgIpc) is 2.75. The molecular weight excluding hydrogens is 384 g/mol. The number of hydrogen-bond donors (Lipinski definition) is 0. The van der Waals surface area contributed by atoms with Crippen LogP contribution < -0.4 is 0 Å². The lowest BCUT2D eigenvalue weighted by molar-refractivity contribution is 0.316. The first-order chi connectivity index (χ1) is 14.0. The van der Waals surface area contributed by atoms with Crippen LogP contribution in [0.25, 0.3) is 11.1 Å². The van der Waals surface area contributed by atoms with Gasteiger partial charge in [0, 0.05) is 48.9 Å². The summed E-state index contributed by atoms with van der Waals surface area (Å²) >= 11 is 0. The molecule has 2 aromatic heterocycles. The maximum absolute atomic E-state index is 13.4. The van der Waals surface area contributed by atoms with Crippen molar-refractivity contribution in [1.29, 1.82) is 0 Å². The van der Waals surface area contributed by atoms with Crippen LogP contribution in [-0.4, -0.2) is 40.8 Å². The largest absolute Gasteiger partial charge is 0.264 e. The van der Waals surface area contributed by atoms with Gasteiger partial charge in [0.05, 0.1) is 4.90 Å². The van der Waals surface area contributed by atoms with Gasteiger partial charge in [0.15, 0.2) is 0 Å². The van der Waals surface area contributed by atoms with E-state index in [0.29, 0.717) is 18.0 Å². The summed E-state index contributed by atoms with van der Waals surface area (Å²) in [6.45, 7) is 4.85. The third kappa shape index (κ3) is 3.93. The summed E-state index contributed by atoms with van der Waals surface area (Å²) in [5, 5.41) is 0. The van der Waals surface area contributed by atoms with Crippen molar-refractivity contribution < 1.29 is 8.42 Å². The fourth-order valence-corrected chi connectivity index (χ4v) is 5.72. The van der Waals surface area contributed by atoms with Gasteiger partial charge in [0.25, 0.3) is 0 Å². The van der Waals surface area contributed by atoms with Crippen LogP contribution in [-0.2, 0) is 10.0 Å². The number of pyridine rings is 1. The first-order valence-electron chi connectivity index (χ1n) is 9.74. The van der Waals surface area contributed by atoms with Crippen LogP contribution in [0.2, 0.25) is 0 Å². The number of nitrogens with zero attached hydrogens (tertiary/aromatic N) is 4. The Morgan fingerprint density at radius 1 is 1.00 bits per heavy atom. The van der Waals surface area contributed by atoms with Gasteiger partial charge in [0.2, 0.25) is 10.0 Å². The van der Waals surface area contributed by atoms with Crippen molar-refractivity contribution in [3.8, 4) is 11.1 Å². The molecule has 1 fully saturated rings. The predicted octanol–water partition coefficient (Wildman–Crippen LogP) is 3.72. The van der Waals surface area contributed by atoms with Crippen molar-refractivity contribution in [2.45, 2.75) is 37.5 Å². The van der Waals surface area contributed by atoms with Gasteiger partial charge in [0.1, 0.15) is 6.33 Å². The van der Waals surface area contributed by atoms with E-state index in [2.05, 4.69) is 15.0 Å². The third-order valence-electron chi connectivity index (χ3n) is 5.59. The lowest BCUT2D eigenvalue weighted by atomic mass is 9.94. The van der Waals surface area contributed by atoms with E-state index >= 15 is 0 Å². The monoisotopic (exact) mass is 408 g/mol. The molecule has 29 heavy (non-hydrogen) atoms. The molecule has 0 unspecified atom stereocenters.